The van der Waals surface area contributed by atoms with Gasteiger partial charge in [0.05, 0.1) is 6.20 Å². The molecule has 1 aromatic heterocycles. The fourth-order valence-corrected chi connectivity index (χ4v) is 1.32. The third-order valence-corrected chi connectivity index (χ3v) is 2.13. The average molecular weight is 164 g/mol. The summed E-state index contributed by atoms with van der Waals surface area (Å²) < 4.78 is 5.19. The van der Waals surface area contributed by atoms with Crippen molar-refractivity contribution in [3.05, 3.63) is 24.1 Å². The smallest absolute Gasteiger partial charge is 0.297 e. The van der Waals surface area contributed by atoms with Gasteiger partial charge < -0.3 is 9.32 Å². The van der Waals surface area contributed by atoms with E-state index < -0.39 is 0 Å². The molecule has 3 nitrogen and oxygen atoms in total. The van der Waals surface area contributed by atoms with Crippen LogP contribution >= 0.6 is 0 Å². The zero-order valence-electron chi connectivity index (χ0n) is 7.16. The van der Waals surface area contributed by atoms with E-state index >= 15 is 0 Å². The first-order valence-corrected chi connectivity index (χ1v) is 4.16. The van der Waals surface area contributed by atoms with Gasteiger partial charge in [-0.2, -0.15) is 0 Å². The highest BCUT2D eigenvalue weighted by atomic mass is 16.4. The molecule has 0 fully saturated rings. The van der Waals surface area contributed by atoms with Crippen LogP contribution in [0, 0.1) is 0 Å². The Bertz CT molecular complexity index is 277. The summed E-state index contributed by atoms with van der Waals surface area (Å²) in [6, 6.07) is 0.735. The van der Waals surface area contributed by atoms with Crippen LogP contribution in [-0.4, -0.2) is 18.1 Å². The first-order chi connectivity index (χ1) is 5.86. The lowest BCUT2D eigenvalue weighted by Gasteiger charge is -2.23. The van der Waals surface area contributed by atoms with Crippen molar-refractivity contribution < 1.29 is 4.42 Å². The molecule has 0 spiro atoms. The van der Waals surface area contributed by atoms with E-state index in [1.165, 1.54) is 5.57 Å². The van der Waals surface area contributed by atoms with E-state index in [1.54, 1.807) is 12.5 Å². The fourth-order valence-electron chi connectivity index (χ4n) is 1.32. The first-order valence-electron chi connectivity index (χ1n) is 4.16. The van der Waals surface area contributed by atoms with Crippen molar-refractivity contribution in [2.75, 3.05) is 18.0 Å². The molecule has 0 unspecified atom stereocenters. The van der Waals surface area contributed by atoms with Crippen LogP contribution in [0.1, 0.15) is 13.3 Å². The van der Waals surface area contributed by atoms with Gasteiger partial charge in [-0.05, 0) is 13.3 Å². The SMILES string of the molecule is CC1=CCN(c2ncco2)CC1. The van der Waals surface area contributed by atoms with E-state index in [9.17, 15) is 0 Å². The summed E-state index contributed by atoms with van der Waals surface area (Å²) in [5.41, 5.74) is 1.46. The number of oxazole rings is 1. The normalized spacial score (nSPS) is 17.8. The Kier molecular flexibility index (Phi) is 1.86. The van der Waals surface area contributed by atoms with Crippen LogP contribution in [-0.2, 0) is 0 Å². The monoisotopic (exact) mass is 164 g/mol. The third kappa shape index (κ3) is 1.35. The summed E-state index contributed by atoms with van der Waals surface area (Å²) >= 11 is 0. The summed E-state index contributed by atoms with van der Waals surface area (Å²) in [6.45, 7) is 4.10. The van der Waals surface area contributed by atoms with E-state index in [2.05, 4.69) is 22.9 Å². The molecular formula is C9H12N2O. The molecule has 1 aliphatic heterocycles. The highest BCUT2D eigenvalue weighted by molar-refractivity contribution is 5.30. The molecule has 1 aromatic rings. The number of nitrogens with zero attached hydrogens (tertiary/aromatic N) is 2. The summed E-state index contributed by atoms with van der Waals surface area (Å²) in [5, 5.41) is 0. The largest absolute Gasteiger partial charge is 0.432 e. The predicted octanol–water partition coefficient (Wildman–Crippen LogP) is 1.83. The molecule has 0 amide bonds. The number of anilines is 1. The Morgan fingerprint density at radius 3 is 3.08 bits per heavy atom. The maximum absolute atomic E-state index is 5.19. The highest BCUT2D eigenvalue weighted by Gasteiger charge is 2.12. The van der Waals surface area contributed by atoms with Gasteiger partial charge in [-0.1, -0.05) is 11.6 Å². The van der Waals surface area contributed by atoms with Gasteiger partial charge in [-0.15, -0.1) is 0 Å². The van der Waals surface area contributed by atoms with Crippen molar-refractivity contribution in [3.8, 4) is 0 Å². The van der Waals surface area contributed by atoms with Crippen molar-refractivity contribution >= 4 is 6.01 Å². The number of hydrogen-bond acceptors (Lipinski definition) is 3. The Hall–Kier alpha value is -1.25. The minimum atomic E-state index is 0.735. The van der Waals surface area contributed by atoms with E-state index in [0.29, 0.717) is 0 Å². The van der Waals surface area contributed by atoms with Gasteiger partial charge in [0.15, 0.2) is 0 Å². The van der Waals surface area contributed by atoms with E-state index in [1.807, 2.05) is 0 Å². The molecule has 1 aliphatic rings. The van der Waals surface area contributed by atoms with Crippen molar-refractivity contribution in [2.45, 2.75) is 13.3 Å². The lowest BCUT2D eigenvalue weighted by atomic mass is 10.1. The Balaban J connectivity index is 2.09. The lowest BCUT2D eigenvalue weighted by Crippen LogP contribution is -2.28. The second kappa shape index (κ2) is 3.01. The van der Waals surface area contributed by atoms with Gasteiger partial charge >= 0.3 is 0 Å². The molecule has 3 heteroatoms. The van der Waals surface area contributed by atoms with Crippen molar-refractivity contribution in [1.82, 2.24) is 4.98 Å². The van der Waals surface area contributed by atoms with Gasteiger partial charge in [0.1, 0.15) is 6.26 Å². The lowest BCUT2D eigenvalue weighted by molar-refractivity contribution is 0.535. The molecule has 0 aliphatic carbocycles. The molecule has 0 atom stereocenters. The Labute approximate surface area is 71.7 Å². The minimum absolute atomic E-state index is 0.735. The van der Waals surface area contributed by atoms with Crippen molar-refractivity contribution in [1.29, 1.82) is 0 Å². The molecule has 2 rings (SSSR count). The van der Waals surface area contributed by atoms with Gasteiger partial charge in [-0.25, -0.2) is 4.98 Å². The standard InChI is InChI=1S/C9H12N2O/c1-8-2-5-11(6-3-8)9-10-4-7-12-9/h2,4,7H,3,5-6H2,1H3. The maximum Gasteiger partial charge on any atom is 0.297 e. The van der Waals surface area contributed by atoms with Crippen molar-refractivity contribution in [3.63, 3.8) is 0 Å². The summed E-state index contributed by atoms with van der Waals surface area (Å²) in [6.07, 6.45) is 6.62. The predicted molar refractivity (Wildman–Crippen MR) is 47.1 cm³/mol. The van der Waals surface area contributed by atoms with Crippen LogP contribution in [0.2, 0.25) is 0 Å². The third-order valence-electron chi connectivity index (χ3n) is 2.13. The highest BCUT2D eigenvalue weighted by Crippen LogP contribution is 2.16. The van der Waals surface area contributed by atoms with Gasteiger partial charge in [0.25, 0.3) is 6.01 Å². The number of hydrogen-bond donors (Lipinski definition) is 0. The number of aromatic nitrogens is 1. The van der Waals surface area contributed by atoms with E-state index in [4.69, 9.17) is 4.42 Å². The zero-order valence-corrected chi connectivity index (χ0v) is 7.16. The van der Waals surface area contributed by atoms with Gasteiger partial charge in [0, 0.05) is 13.1 Å². The van der Waals surface area contributed by atoms with Crippen LogP contribution < -0.4 is 4.90 Å². The second-order valence-corrected chi connectivity index (χ2v) is 3.06. The van der Waals surface area contributed by atoms with Crippen molar-refractivity contribution in [2.24, 2.45) is 0 Å². The van der Waals surface area contributed by atoms with Crippen LogP contribution in [0.15, 0.2) is 28.5 Å². The number of rotatable bonds is 1. The van der Waals surface area contributed by atoms with Gasteiger partial charge in [0.2, 0.25) is 0 Å². The topological polar surface area (TPSA) is 29.3 Å². The molecular weight excluding hydrogens is 152 g/mol. The Morgan fingerprint density at radius 2 is 2.50 bits per heavy atom. The second-order valence-electron chi connectivity index (χ2n) is 3.06. The van der Waals surface area contributed by atoms with E-state index in [-0.39, 0.29) is 0 Å². The van der Waals surface area contributed by atoms with Crippen LogP contribution in [0.25, 0.3) is 0 Å². The van der Waals surface area contributed by atoms with Crippen LogP contribution in [0.5, 0.6) is 0 Å². The molecule has 0 saturated carbocycles. The first kappa shape index (κ1) is 7.40. The Morgan fingerprint density at radius 1 is 1.58 bits per heavy atom. The van der Waals surface area contributed by atoms with E-state index in [0.717, 1.165) is 25.5 Å². The van der Waals surface area contributed by atoms with Gasteiger partial charge in [-0.3, -0.25) is 0 Å². The molecule has 0 bridgehead atoms. The van der Waals surface area contributed by atoms with Crippen LogP contribution in [0.3, 0.4) is 0 Å². The molecule has 12 heavy (non-hydrogen) atoms. The molecule has 0 saturated heterocycles. The zero-order chi connectivity index (χ0) is 8.39. The average Bonchev–Trinajstić information content (AvgIpc) is 2.58. The summed E-state index contributed by atoms with van der Waals surface area (Å²) in [5.74, 6) is 0. The van der Waals surface area contributed by atoms with Crippen LogP contribution in [0.4, 0.5) is 6.01 Å². The molecule has 0 aromatic carbocycles. The molecule has 64 valence electrons. The molecule has 2 heterocycles. The fraction of sp³-hybridized carbons (Fsp3) is 0.444. The minimum Gasteiger partial charge on any atom is -0.432 e. The maximum atomic E-state index is 5.19. The molecule has 0 radical (unpaired) electrons. The molecule has 0 N–H and O–H groups in total. The summed E-state index contributed by atoms with van der Waals surface area (Å²) in [7, 11) is 0. The quantitative estimate of drug-likeness (QED) is 0.593. The summed E-state index contributed by atoms with van der Waals surface area (Å²) in [4.78, 5) is 6.23.